The molecule has 0 spiro atoms. The summed E-state index contributed by atoms with van der Waals surface area (Å²) in [6.45, 7) is 7.35. The Hall–Kier alpha value is -1.25. The minimum absolute atomic E-state index is 0.00880. The van der Waals surface area contributed by atoms with Crippen LogP contribution in [0.5, 0.6) is 0 Å². The molecule has 62 valence electrons. The van der Waals surface area contributed by atoms with Gasteiger partial charge in [0.05, 0.1) is 12.8 Å². The summed E-state index contributed by atoms with van der Waals surface area (Å²) in [6.07, 6.45) is 0. The molecule has 3 nitrogen and oxygen atoms in total. The van der Waals surface area contributed by atoms with E-state index in [1.54, 1.807) is 0 Å². The van der Waals surface area contributed by atoms with Gasteiger partial charge in [-0.25, -0.2) is 0 Å². The van der Waals surface area contributed by atoms with Crippen molar-refractivity contribution in [2.45, 2.75) is 13.8 Å². The van der Waals surface area contributed by atoms with Gasteiger partial charge >= 0.3 is 0 Å². The molecule has 0 aromatic carbocycles. The molecule has 0 aliphatic rings. The molecule has 0 aromatic rings. The molecule has 0 unspecified atom stereocenters. The number of rotatable bonds is 2. The van der Waals surface area contributed by atoms with E-state index in [-0.39, 0.29) is 5.90 Å². The minimum Gasteiger partial charge on any atom is -0.480 e. The molecule has 0 saturated heterocycles. The van der Waals surface area contributed by atoms with Gasteiger partial charge < -0.3 is 10.5 Å². The van der Waals surface area contributed by atoms with Gasteiger partial charge in [0.1, 0.15) is 0 Å². The highest BCUT2D eigenvalue weighted by Crippen LogP contribution is 2.08. The lowest BCUT2D eigenvalue weighted by atomic mass is 10.1. The highest BCUT2D eigenvalue weighted by molar-refractivity contribution is 5.91. The summed E-state index contributed by atoms with van der Waals surface area (Å²) in [5.74, 6) is -0.00880. The largest absolute Gasteiger partial charge is 0.480 e. The fraction of sp³-hybridized carbons (Fsp3) is 0.375. The van der Waals surface area contributed by atoms with Gasteiger partial charge in [-0.2, -0.15) is 0 Å². The predicted octanol–water partition coefficient (Wildman–Crippen LogP) is 1.42. The van der Waals surface area contributed by atoms with E-state index < -0.39 is 0 Å². The van der Waals surface area contributed by atoms with Crippen LogP contribution in [0.4, 0.5) is 0 Å². The maximum Gasteiger partial charge on any atom is 0.229 e. The molecule has 0 aromatic heterocycles. The second-order valence-electron chi connectivity index (χ2n) is 2.35. The van der Waals surface area contributed by atoms with Gasteiger partial charge in [0.15, 0.2) is 0 Å². The van der Waals surface area contributed by atoms with E-state index in [4.69, 9.17) is 11.1 Å². The third-order valence-corrected chi connectivity index (χ3v) is 1.49. The first-order chi connectivity index (χ1) is 5.00. The van der Waals surface area contributed by atoms with Gasteiger partial charge in [-0.15, -0.1) is 0 Å². The molecule has 0 heterocycles. The lowest BCUT2D eigenvalue weighted by Crippen LogP contribution is -2.14. The summed E-state index contributed by atoms with van der Waals surface area (Å²) in [5.41, 5.74) is 7.54. The van der Waals surface area contributed by atoms with Crippen molar-refractivity contribution in [2.24, 2.45) is 5.73 Å². The first-order valence-corrected chi connectivity index (χ1v) is 3.25. The molecule has 11 heavy (non-hydrogen) atoms. The van der Waals surface area contributed by atoms with Crippen LogP contribution in [0.2, 0.25) is 0 Å². The third-order valence-electron chi connectivity index (χ3n) is 1.49. The average Bonchev–Trinajstić information content (AvgIpc) is 2.00. The van der Waals surface area contributed by atoms with Crippen LogP contribution >= 0.6 is 0 Å². The Bertz CT molecular complexity index is 216. The van der Waals surface area contributed by atoms with Crippen LogP contribution in [0.1, 0.15) is 13.8 Å². The Kier molecular flexibility index (Phi) is 3.37. The van der Waals surface area contributed by atoms with Crippen LogP contribution in [0.25, 0.3) is 0 Å². The van der Waals surface area contributed by atoms with Crippen molar-refractivity contribution in [3.05, 3.63) is 23.4 Å². The fourth-order valence-corrected chi connectivity index (χ4v) is 0.510. The van der Waals surface area contributed by atoms with Crippen LogP contribution in [0.3, 0.4) is 0 Å². The van der Waals surface area contributed by atoms with Crippen molar-refractivity contribution in [1.29, 1.82) is 5.41 Å². The molecule has 0 fully saturated rings. The number of allylic oxidation sites excluding steroid dienone is 2. The number of nitrogens with one attached hydrogen (secondary N) is 1. The average molecular weight is 154 g/mol. The van der Waals surface area contributed by atoms with E-state index in [0.29, 0.717) is 5.70 Å². The van der Waals surface area contributed by atoms with E-state index in [2.05, 4.69) is 11.3 Å². The van der Waals surface area contributed by atoms with E-state index in [9.17, 15) is 0 Å². The van der Waals surface area contributed by atoms with Crippen molar-refractivity contribution < 1.29 is 4.74 Å². The van der Waals surface area contributed by atoms with Crippen molar-refractivity contribution in [2.75, 3.05) is 7.11 Å². The molecule has 0 atom stereocenters. The lowest BCUT2D eigenvalue weighted by Gasteiger charge is -2.06. The summed E-state index contributed by atoms with van der Waals surface area (Å²) in [4.78, 5) is 0. The van der Waals surface area contributed by atoms with Gasteiger partial charge in [0, 0.05) is 0 Å². The zero-order valence-electron chi connectivity index (χ0n) is 7.19. The van der Waals surface area contributed by atoms with Crippen molar-refractivity contribution in [3.8, 4) is 0 Å². The van der Waals surface area contributed by atoms with Crippen molar-refractivity contribution in [3.63, 3.8) is 0 Å². The number of hydrogen-bond donors (Lipinski definition) is 2. The van der Waals surface area contributed by atoms with E-state index in [1.807, 2.05) is 13.8 Å². The summed E-state index contributed by atoms with van der Waals surface area (Å²) >= 11 is 0. The molecule has 0 saturated carbocycles. The fourth-order valence-electron chi connectivity index (χ4n) is 0.510. The standard InChI is InChI=1S/C8H14N2O/c1-5(2)6(3)7(9)8(10)11-4/h10H,1,9H2,2-4H3/b7-6+,10-8?. The Morgan fingerprint density at radius 1 is 1.45 bits per heavy atom. The molecule has 3 N–H and O–H groups in total. The SMILES string of the molecule is C=C(C)/C(C)=C(/N)C(=N)OC. The first-order valence-electron chi connectivity index (χ1n) is 3.25. The summed E-state index contributed by atoms with van der Waals surface area (Å²) in [6, 6.07) is 0. The van der Waals surface area contributed by atoms with Gasteiger partial charge in [-0.1, -0.05) is 12.2 Å². The molecular weight excluding hydrogens is 140 g/mol. The van der Waals surface area contributed by atoms with Gasteiger partial charge in [-0.05, 0) is 19.4 Å². The lowest BCUT2D eigenvalue weighted by molar-refractivity contribution is 0.399. The van der Waals surface area contributed by atoms with E-state index in [1.165, 1.54) is 7.11 Å². The maximum atomic E-state index is 7.22. The number of nitrogens with two attached hydrogens (primary N) is 1. The zero-order valence-corrected chi connectivity index (χ0v) is 7.19. The van der Waals surface area contributed by atoms with Crippen LogP contribution in [-0.2, 0) is 4.74 Å². The molecule has 0 bridgehead atoms. The van der Waals surface area contributed by atoms with Crippen LogP contribution in [0, 0.1) is 5.41 Å². The highest BCUT2D eigenvalue weighted by Gasteiger charge is 2.04. The van der Waals surface area contributed by atoms with Crippen LogP contribution in [0.15, 0.2) is 23.4 Å². The summed E-state index contributed by atoms with van der Waals surface area (Å²) in [7, 11) is 1.42. The summed E-state index contributed by atoms with van der Waals surface area (Å²) in [5, 5.41) is 7.22. The zero-order chi connectivity index (χ0) is 9.02. The number of hydrogen-bond acceptors (Lipinski definition) is 3. The van der Waals surface area contributed by atoms with E-state index >= 15 is 0 Å². The minimum atomic E-state index is -0.00880. The van der Waals surface area contributed by atoms with Gasteiger partial charge in [-0.3, -0.25) is 5.41 Å². The van der Waals surface area contributed by atoms with Crippen molar-refractivity contribution >= 4 is 5.90 Å². The topological polar surface area (TPSA) is 59.1 Å². The van der Waals surface area contributed by atoms with Crippen LogP contribution < -0.4 is 5.73 Å². The Balaban J connectivity index is 4.66. The van der Waals surface area contributed by atoms with E-state index in [0.717, 1.165) is 11.1 Å². The Morgan fingerprint density at radius 2 is 1.91 bits per heavy atom. The molecule has 0 aliphatic heterocycles. The monoisotopic (exact) mass is 154 g/mol. The molecule has 0 aliphatic carbocycles. The second-order valence-corrected chi connectivity index (χ2v) is 2.35. The van der Waals surface area contributed by atoms with Gasteiger partial charge in [0.2, 0.25) is 5.90 Å². The van der Waals surface area contributed by atoms with Crippen LogP contribution in [-0.4, -0.2) is 13.0 Å². The second kappa shape index (κ2) is 3.81. The smallest absolute Gasteiger partial charge is 0.229 e. The van der Waals surface area contributed by atoms with Crippen molar-refractivity contribution in [1.82, 2.24) is 0 Å². The van der Waals surface area contributed by atoms with Gasteiger partial charge in [0.25, 0.3) is 0 Å². The quantitative estimate of drug-likeness (QED) is 0.359. The molecule has 0 radical (unpaired) electrons. The molecular formula is C8H14N2O. The normalized spacial score (nSPS) is 11.9. The maximum absolute atomic E-state index is 7.22. The Labute approximate surface area is 67.1 Å². The summed E-state index contributed by atoms with van der Waals surface area (Å²) < 4.78 is 4.64. The number of methoxy groups -OCH3 is 1. The molecule has 0 amide bonds. The third kappa shape index (κ3) is 2.45. The molecule has 0 rings (SSSR count). The Morgan fingerprint density at radius 3 is 2.18 bits per heavy atom. The molecule has 3 heteroatoms. The highest BCUT2D eigenvalue weighted by atomic mass is 16.5. The first kappa shape index (κ1) is 9.75. The predicted molar refractivity (Wildman–Crippen MR) is 46.4 cm³/mol. The number of ether oxygens (including phenoxy) is 1.